The van der Waals surface area contributed by atoms with Gasteiger partial charge in [-0.3, -0.25) is 0 Å². The molecule has 0 unspecified atom stereocenters. The normalized spacial score (nSPS) is 11.8. The first-order chi connectivity index (χ1) is 8.36. The molecule has 0 spiro atoms. The van der Waals surface area contributed by atoms with E-state index in [1.54, 1.807) is 6.20 Å². The van der Waals surface area contributed by atoms with Gasteiger partial charge in [0.1, 0.15) is 5.03 Å². The molecule has 0 bridgehead atoms. The van der Waals surface area contributed by atoms with E-state index in [2.05, 4.69) is 15.0 Å². The topological polar surface area (TPSA) is 41.6 Å². The van der Waals surface area contributed by atoms with Crippen LogP contribution in [0.2, 0.25) is 5.02 Å². The van der Waals surface area contributed by atoms with Gasteiger partial charge in [0.2, 0.25) is 0 Å². The lowest BCUT2D eigenvalue weighted by Crippen LogP contribution is -2.05. The van der Waals surface area contributed by atoms with Gasteiger partial charge >= 0.3 is 6.18 Å². The number of halogens is 4. The average Bonchev–Trinajstić information content (AvgIpc) is 2.65. The molecule has 2 rings (SSSR count). The molecule has 1 N–H and O–H groups in total. The third-order valence-electron chi connectivity index (χ3n) is 2.01. The second kappa shape index (κ2) is 4.81. The molecule has 3 nitrogen and oxygen atoms in total. The van der Waals surface area contributed by atoms with E-state index in [1.807, 2.05) is 6.92 Å². The van der Waals surface area contributed by atoms with Gasteiger partial charge in [-0.05, 0) is 24.8 Å². The van der Waals surface area contributed by atoms with Gasteiger partial charge in [-0.1, -0.05) is 11.6 Å². The Labute approximate surface area is 110 Å². The summed E-state index contributed by atoms with van der Waals surface area (Å²) in [4.78, 5) is 10.6. The number of imidazole rings is 1. The van der Waals surface area contributed by atoms with Crippen LogP contribution in [-0.4, -0.2) is 15.0 Å². The first-order valence-electron chi connectivity index (χ1n) is 4.78. The Morgan fingerprint density at radius 2 is 2.00 bits per heavy atom. The Hall–Kier alpha value is -1.21. The van der Waals surface area contributed by atoms with Crippen molar-refractivity contribution in [1.82, 2.24) is 15.0 Å². The molecule has 8 heteroatoms. The van der Waals surface area contributed by atoms with Crippen molar-refractivity contribution in [2.45, 2.75) is 23.3 Å². The smallest absolute Gasteiger partial charge is 0.337 e. The Balaban J connectivity index is 2.25. The van der Waals surface area contributed by atoms with Gasteiger partial charge < -0.3 is 4.98 Å². The number of hydrogen-bond donors (Lipinski definition) is 1. The number of aromatic nitrogens is 3. The number of hydrogen-bond acceptors (Lipinski definition) is 3. The summed E-state index contributed by atoms with van der Waals surface area (Å²) in [5.41, 5.74) is -0.0204. The van der Waals surface area contributed by atoms with Gasteiger partial charge in [0.05, 0.1) is 10.6 Å². The maximum absolute atomic E-state index is 12.4. The van der Waals surface area contributed by atoms with Crippen LogP contribution in [0.1, 0.15) is 11.3 Å². The third kappa shape index (κ3) is 2.97. The van der Waals surface area contributed by atoms with Crippen molar-refractivity contribution in [2.75, 3.05) is 0 Å². The van der Waals surface area contributed by atoms with Crippen LogP contribution in [0.3, 0.4) is 0 Å². The fourth-order valence-electron chi connectivity index (χ4n) is 1.19. The summed E-state index contributed by atoms with van der Waals surface area (Å²) < 4.78 is 37.2. The van der Waals surface area contributed by atoms with Crippen LogP contribution in [0.5, 0.6) is 0 Å². The highest BCUT2D eigenvalue weighted by atomic mass is 35.5. The van der Waals surface area contributed by atoms with Crippen LogP contribution in [-0.2, 0) is 6.18 Å². The van der Waals surface area contributed by atoms with Crippen LogP contribution in [0, 0.1) is 6.92 Å². The Morgan fingerprint density at radius 1 is 1.28 bits per heavy atom. The van der Waals surface area contributed by atoms with Crippen LogP contribution in [0.15, 0.2) is 28.6 Å². The molecule has 0 radical (unpaired) electrons. The van der Waals surface area contributed by atoms with Crippen LogP contribution >= 0.6 is 23.4 Å². The molecule has 0 aliphatic carbocycles. The van der Waals surface area contributed by atoms with E-state index >= 15 is 0 Å². The zero-order valence-electron chi connectivity index (χ0n) is 9.05. The monoisotopic (exact) mass is 293 g/mol. The van der Waals surface area contributed by atoms with E-state index in [0.29, 0.717) is 5.16 Å². The van der Waals surface area contributed by atoms with Gasteiger partial charge in [0.15, 0.2) is 5.16 Å². The summed E-state index contributed by atoms with van der Waals surface area (Å²) in [6, 6.07) is 0.854. The summed E-state index contributed by atoms with van der Waals surface area (Å²) >= 11 is 6.84. The lowest BCUT2D eigenvalue weighted by atomic mass is 10.3. The van der Waals surface area contributed by atoms with E-state index in [-0.39, 0.29) is 10.0 Å². The minimum atomic E-state index is -4.44. The van der Waals surface area contributed by atoms with Gasteiger partial charge in [-0.15, -0.1) is 0 Å². The molecule has 18 heavy (non-hydrogen) atoms. The molecular weight excluding hydrogens is 287 g/mol. The fourth-order valence-corrected chi connectivity index (χ4v) is 2.23. The number of aromatic amines is 1. The molecule has 0 saturated heterocycles. The zero-order valence-corrected chi connectivity index (χ0v) is 10.6. The number of pyridine rings is 1. The van der Waals surface area contributed by atoms with Crippen molar-refractivity contribution in [1.29, 1.82) is 0 Å². The summed E-state index contributed by atoms with van der Waals surface area (Å²) in [5, 5.41) is 0.754. The number of nitrogens with one attached hydrogen (secondary N) is 1. The summed E-state index contributed by atoms with van der Waals surface area (Å²) in [6.45, 7) is 1.82. The molecular formula is C10H7ClF3N3S. The van der Waals surface area contributed by atoms with E-state index in [1.165, 1.54) is 0 Å². The predicted molar refractivity (Wildman–Crippen MR) is 61.7 cm³/mol. The highest BCUT2D eigenvalue weighted by molar-refractivity contribution is 7.99. The SMILES string of the molecule is Cc1cnc(Sc2ncc(C(F)(F)F)cc2Cl)[nH]1. The van der Waals surface area contributed by atoms with E-state index < -0.39 is 11.7 Å². The standard InChI is InChI=1S/C10H7ClF3N3S/c1-5-3-16-9(17-5)18-8-7(11)2-6(4-15-8)10(12,13)14/h2-4H,1H3,(H,16,17). The van der Waals surface area contributed by atoms with Crippen molar-refractivity contribution < 1.29 is 13.2 Å². The van der Waals surface area contributed by atoms with Crippen molar-refractivity contribution >= 4 is 23.4 Å². The van der Waals surface area contributed by atoms with Crippen molar-refractivity contribution in [3.05, 3.63) is 34.7 Å². The molecule has 0 atom stereocenters. The lowest BCUT2D eigenvalue weighted by Gasteiger charge is -2.07. The van der Waals surface area contributed by atoms with E-state index in [4.69, 9.17) is 11.6 Å². The molecule has 0 aromatic carbocycles. The van der Waals surface area contributed by atoms with Crippen LogP contribution < -0.4 is 0 Å². The quantitative estimate of drug-likeness (QED) is 0.912. The van der Waals surface area contributed by atoms with E-state index in [9.17, 15) is 13.2 Å². The maximum Gasteiger partial charge on any atom is 0.417 e. The average molecular weight is 294 g/mol. The molecule has 0 amide bonds. The molecule has 96 valence electrons. The second-order valence-electron chi connectivity index (χ2n) is 3.48. The summed E-state index contributed by atoms with van der Waals surface area (Å²) in [6.07, 6.45) is -2.08. The number of aryl methyl sites for hydroxylation is 1. The van der Waals surface area contributed by atoms with Crippen LogP contribution in [0.4, 0.5) is 13.2 Å². The maximum atomic E-state index is 12.4. The minimum Gasteiger partial charge on any atom is -0.337 e. The zero-order chi connectivity index (χ0) is 13.3. The predicted octanol–water partition coefficient (Wildman–Crippen LogP) is 3.94. The number of rotatable bonds is 2. The summed E-state index contributed by atoms with van der Waals surface area (Å²) in [7, 11) is 0. The number of H-pyrrole nitrogens is 1. The first kappa shape index (κ1) is 13.2. The van der Waals surface area contributed by atoms with Crippen molar-refractivity contribution in [3.63, 3.8) is 0 Å². The fraction of sp³-hybridized carbons (Fsp3) is 0.200. The largest absolute Gasteiger partial charge is 0.417 e. The lowest BCUT2D eigenvalue weighted by molar-refractivity contribution is -0.137. The molecule has 2 aromatic rings. The Morgan fingerprint density at radius 3 is 2.50 bits per heavy atom. The molecule has 2 aromatic heterocycles. The molecule has 0 aliphatic heterocycles. The molecule has 0 saturated carbocycles. The Bertz CT molecular complexity index is 568. The molecule has 0 aliphatic rings. The first-order valence-corrected chi connectivity index (χ1v) is 5.98. The molecule has 0 fully saturated rings. The van der Waals surface area contributed by atoms with Gasteiger partial charge in [-0.25, -0.2) is 9.97 Å². The van der Waals surface area contributed by atoms with Gasteiger partial charge in [0.25, 0.3) is 0 Å². The minimum absolute atomic E-state index is 0.0520. The third-order valence-corrected chi connectivity index (χ3v) is 3.33. The van der Waals surface area contributed by atoms with Crippen LogP contribution in [0.25, 0.3) is 0 Å². The highest BCUT2D eigenvalue weighted by Crippen LogP contribution is 2.35. The van der Waals surface area contributed by atoms with Crippen molar-refractivity contribution in [3.8, 4) is 0 Å². The van der Waals surface area contributed by atoms with Gasteiger partial charge in [0, 0.05) is 18.1 Å². The number of alkyl halides is 3. The highest BCUT2D eigenvalue weighted by Gasteiger charge is 2.31. The summed E-state index contributed by atoms with van der Waals surface area (Å²) in [5.74, 6) is 0. The number of nitrogens with zero attached hydrogens (tertiary/aromatic N) is 2. The van der Waals surface area contributed by atoms with E-state index in [0.717, 1.165) is 29.7 Å². The van der Waals surface area contributed by atoms with Crippen molar-refractivity contribution in [2.24, 2.45) is 0 Å². The van der Waals surface area contributed by atoms with Gasteiger partial charge in [-0.2, -0.15) is 13.2 Å². The Kier molecular flexibility index (Phi) is 3.54. The molecule has 2 heterocycles. The second-order valence-corrected chi connectivity index (χ2v) is 4.87.